The molecule has 21 heavy (non-hydrogen) atoms. The Bertz CT molecular complexity index is 645. The molecule has 0 radical (unpaired) electrons. The number of carbonyl (C=O) groups excluding carboxylic acids is 1. The Labute approximate surface area is 123 Å². The van der Waals surface area contributed by atoms with Crippen molar-refractivity contribution in [2.45, 2.75) is 0 Å². The van der Waals surface area contributed by atoms with Gasteiger partial charge in [0.15, 0.2) is 0 Å². The van der Waals surface area contributed by atoms with Gasteiger partial charge in [0.2, 0.25) is 0 Å². The summed E-state index contributed by atoms with van der Waals surface area (Å²) in [5.74, 6) is 0.554. The fourth-order valence-corrected chi connectivity index (χ4v) is 1.97. The zero-order chi connectivity index (χ0) is 15.2. The summed E-state index contributed by atoms with van der Waals surface area (Å²) >= 11 is 0. The van der Waals surface area contributed by atoms with E-state index in [1.807, 2.05) is 30.5 Å². The van der Waals surface area contributed by atoms with Crippen LogP contribution in [-0.4, -0.2) is 32.3 Å². The van der Waals surface area contributed by atoms with E-state index in [-0.39, 0.29) is 0 Å². The Balaban J connectivity index is 2.52. The first-order valence-corrected chi connectivity index (χ1v) is 6.35. The van der Waals surface area contributed by atoms with E-state index < -0.39 is 5.97 Å². The van der Waals surface area contributed by atoms with Crippen molar-refractivity contribution in [3.8, 4) is 11.5 Å². The first-order chi connectivity index (χ1) is 10.2. The Hall–Kier alpha value is -2.69. The second kappa shape index (κ2) is 6.65. The monoisotopic (exact) mass is 287 g/mol. The number of aromatic nitrogens is 1. The second-order valence-corrected chi connectivity index (χ2v) is 4.24. The molecule has 0 atom stereocenters. The highest BCUT2D eigenvalue weighted by molar-refractivity contribution is 5.98. The predicted octanol–water partition coefficient (Wildman–Crippen LogP) is 2.99. The Morgan fingerprint density at radius 3 is 2.52 bits per heavy atom. The molecule has 0 unspecified atom stereocenters. The lowest BCUT2D eigenvalue weighted by Crippen LogP contribution is -2.07. The molecule has 0 amide bonds. The summed E-state index contributed by atoms with van der Waals surface area (Å²) in [6.07, 6.45) is 5.50. The van der Waals surface area contributed by atoms with Crippen LogP contribution in [-0.2, 0) is 4.74 Å². The molecule has 110 valence electrons. The van der Waals surface area contributed by atoms with Gasteiger partial charge in [-0.2, -0.15) is 0 Å². The van der Waals surface area contributed by atoms with Crippen LogP contribution in [0.3, 0.4) is 0 Å². The highest BCUT2D eigenvalue weighted by Crippen LogP contribution is 2.30. The number of nitrogens with one attached hydrogen (secondary N) is 1. The number of methoxy groups -OCH3 is 3. The third-order valence-corrected chi connectivity index (χ3v) is 3.02. The molecular formula is C16H17NO4. The summed E-state index contributed by atoms with van der Waals surface area (Å²) in [4.78, 5) is 15.1. The van der Waals surface area contributed by atoms with Gasteiger partial charge in [0.05, 0.1) is 21.3 Å². The van der Waals surface area contributed by atoms with Crippen molar-refractivity contribution in [1.82, 2.24) is 4.98 Å². The summed E-state index contributed by atoms with van der Waals surface area (Å²) in [6, 6.07) is 7.23. The molecule has 0 aliphatic rings. The Kier molecular flexibility index (Phi) is 4.66. The van der Waals surface area contributed by atoms with Gasteiger partial charge in [0.25, 0.3) is 0 Å². The molecule has 0 saturated carbocycles. The van der Waals surface area contributed by atoms with Gasteiger partial charge in [-0.3, -0.25) is 0 Å². The number of esters is 1. The highest BCUT2D eigenvalue weighted by Gasteiger charge is 2.18. The van der Waals surface area contributed by atoms with Crippen LogP contribution in [0.25, 0.3) is 12.2 Å². The van der Waals surface area contributed by atoms with Crippen LogP contribution in [0, 0.1) is 0 Å². The number of carbonyl (C=O) groups is 1. The molecule has 2 rings (SSSR count). The lowest BCUT2D eigenvalue weighted by Gasteiger charge is -2.12. The van der Waals surface area contributed by atoms with Gasteiger partial charge in [-0.1, -0.05) is 6.08 Å². The molecule has 1 aromatic heterocycles. The van der Waals surface area contributed by atoms with E-state index in [4.69, 9.17) is 14.2 Å². The SMILES string of the molecule is COC(=O)c1c(C=Cc2ccc[nH]2)cc(OC)cc1OC. The minimum Gasteiger partial charge on any atom is -0.497 e. The van der Waals surface area contributed by atoms with Gasteiger partial charge in [-0.25, -0.2) is 4.79 Å². The van der Waals surface area contributed by atoms with Crippen molar-refractivity contribution in [2.24, 2.45) is 0 Å². The summed E-state index contributed by atoms with van der Waals surface area (Å²) in [5.41, 5.74) is 1.95. The van der Waals surface area contributed by atoms with E-state index in [0.717, 1.165) is 5.69 Å². The molecule has 0 fully saturated rings. The normalized spacial score (nSPS) is 10.6. The van der Waals surface area contributed by atoms with Gasteiger partial charge in [0.1, 0.15) is 17.1 Å². The predicted molar refractivity (Wildman–Crippen MR) is 80.6 cm³/mol. The highest BCUT2D eigenvalue weighted by atomic mass is 16.5. The largest absolute Gasteiger partial charge is 0.497 e. The molecule has 1 N–H and O–H groups in total. The number of hydrogen-bond donors (Lipinski definition) is 1. The van der Waals surface area contributed by atoms with Crippen molar-refractivity contribution in [2.75, 3.05) is 21.3 Å². The van der Waals surface area contributed by atoms with E-state index in [1.165, 1.54) is 14.2 Å². The quantitative estimate of drug-likeness (QED) is 0.859. The lowest BCUT2D eigenvalue weighted by molar-refractivity contribution is 0.0597. The number of ether oxygens (including phenoxy) is 3. The van der Waals surface area contributed by atoms with Crippen molar-refractivity contribution in [3.05, 3.63) is 47.3 Å². The third-order valence-electron chi connectivity index (χ3n) is 3.02. The van der Waals surface area contributed by atoms with Crippen molar-refractivity contribution < 1.29 is 19.0 Å². The van der Waals surface area contributed by atoms with Crippen LogP contribution >= 0.6 is 0 Å². The van der Waals surface area contributed by atoms with Crippen LogP contribution < -0.4 is 9.47 Å². The topological polar surface area (TPSA) is 60.6 Å². The fourth-order valence-electron chi connectivity index (χ4n) is 1.97. The third kappa shape index (κ3) is 3.25. The summed E-state index contributed by atoms with van der Waals surface area (Å²) in [6.45, 7) is 0. The van der Waals surface area contributed by atoms with Crippen molar-refractivity contribution >= 4 is 18.1 Å². The van der Waals surface area contributed by atoms with Crippen molar-refractivity contribution in [3.63, 3.8) is 0 Å². The summed E-state index contributed by atoms with van der Waals surface area (Å²) < 4.78 is 15.3. The Morgan fingerprint density at radius 1 is 1.14 bits per heavy atom. The number of H-pyrrole nitrogens is 1. The van der Waals surface area contributed by atoms with E-state index >= 15 is 0 Å². The molecule has 0 aliphatic carbocycles. The first-order valence-electron chi connectivity index (χ1n) is 6.35. The number of hydrogen-bond acceptors (Lipinski definition) is 4. The smallest absolute Gasteiger partial charge is 0.342 e. The first kappa shape index (κ1) is 14.7. The molecule has 0 saturated heterocycles. The number of benzene rings is 1. The second-order valence-electron chi connectivity index (χ2n) is 4.24. The average molecular weight is 287 g/mol. The number of rotatable bonds is 5. The molecule has 0 spiro atoms. The van der Waals surface area contributed by atoms with Gasteiger partial charge in [0, 0.05) is 18.0 Å². The molecule has 5 heteroatoms. The zero-order valence-corrected chi connectivity index (χ0v) is 12.2. The standard InChI is InChI=1S/C16H17NO4/c1-19-13-9-11(6-7-12-5-4-8-17-12)15(16(18)21-3)14(10-13)20-2/h4-10,17H,1-3H3. The average Bonchev–Trinajstić information content (AvgIpc) is 3.04. The molecule has 2 aromatic rings. The van der Waals surface area contributed by atoms with E-state index in [2.05, 4.69) is 4.98 Å². The van der Waals surface area contributed by atoms with E-state index in [9.17, 15) is 4.79 Å². The van der Waals surface area contributed by atoms with Gasteiger partial charge in [-0.15, -0.1) is 0 Å². The molecular weight excluding hydrogens is 270 g/mol. The van der Waals surface area contributed by atoms with Gasteiger partial charge < -0.3 is 19.2 Å². The lowest BCUT2D eigenvalue weighted by atomic mass is 10.0. The summed E-state index contributed by atoms with van der Waals surface area (Å²) in [5, 5.41) is 0. The Morgan fingerprint density at radius 2 is 1.95 bits per heavy atom. The van der Waals surface area contributed by atoms with Crippen molar-refractivity contribution in [1.29, 1.82) is 0 Å². The van der Waals surface area contributed by atoms with E-state index in [0.29, 0.717) is 22.6 Å². The van der Waals surface area contributed by atoms with Crippen LogP contribution in [0.5, 0.6) is 11.5 Å². The maximum absolute atomic E-state index is 12.0. The maximum atomic E-state index is 12.0. The minimum absolute atomic E-state index is 0.364. The van der Waals surface area contributed by atoms with E-state index in [1.54, 1.807) is 19.2 Å². The zero-order valence-electron chi connectivity index (χ0n) is 12.2. The molecule has 1 aromatic carbocycles. The van der Waals surface area contributed by atoms with Crippen LogP contribution in [0.1, 0.15) is 21.6 Å². The van der Waals surface area contributed by atoms with Crippen LogP contribution in [0.2, 0.25) is 0 Å². The molecule has 0 bridgehead atoms. The van der Waals surface area contributed by atoms with Gasteiger partial charge >= 0.3 is 5.97 Å². The fraction of sp³-hybridized carbons (Fsp3) is 0.188. The van der Waals surface area contributed by atoms with Crippen LogP contribution in [0.15, 0.2) is 30.5 Å². The number of aromatic amines is 1. The molecule has 0 aliphatic heterocycles. The van der Waals surface area contributed by atoms with Crippen LogP contribution in [0.4, 0.5) is 0 Å². The maximum Gasteiger partial charge on any atom is 0.342 e. The summed E-state index contributed by atoms with van der Waals surface area (Å²) in [7, 11) is 4.40. The molecule has 1 heterocycles. The minimum atomic E-state index is -0.458. The molecule has 5 nitrogen and oxygen atoms in total. The van der Waals surface area contributed by atoms with Gasteiger partial charge in [-0.05, 0) is 29.8 Å².